The summed E-state index contributed by atoms with van der Waals surface area (Å²) in [6.45, 7) is 2.17. The molecule has 0 unspecified atom stereocenters. The van der Waals surface area contributed by atoms with Gasteiger partial charge >= 0.3 is 0 Å². The number of hydrogen-bond donors (Lipinski definition) is 2. The Morgan fingerprint density at radius 2 is 1.73 bits per heavy atom. The first-order valence-corrected chi connectivity index (χ1v) is 11.8. The minimum atomic E-state index is -4.06. The van der Waals surface area contributed by atoms with Gasteiger partial charge in [0.05, 0.1) is 10.6 Å². The maximum Gasteiger partial charge on any atom is 0.261 e. The lowest BCUT2D eigenvalue weighted by Crippen LogP contribution is -2.36. The maximum absolute atomic E-state index is 14.2. The van der Waals surface area contributed by atoms with Crippen molar-refractivity contribution in [2.75, 3.05) is 16.6 Å². The van der Waals surface area contributed by atoms with Crippen molar-refractivity contribution in [3.63, 3.8) is 0 Å². The van der Waals surface area contributed by atoms with Crippen molar-refractivity contribution >= 4 is 33.2 Å². The van der Waals surface area contributed by atoms with Gasteiger partial charge in [-0.15, -0.1) is 0 Å². The highest BCUT2D eigenvalue weighted by Gasteiger charge is 2.23. The zero-order valence-electron chi connectivity index (χ0n) is 17.8. The zero-order chi connectivity index (χ0) is 23.6. The number of carbonyl (C=O) groups excluding carboxylic acids is 2. The van der Waals surface area contributed by atoms with E-state index in [0.717, 1.165) is 17.2 Å². The number of amides is 2. The van der Waals surface area contributed by atoms with E-state index in [1.165, 1.54) is 19.1 Å². The van der Waals surface area contributed by atoms with Gasteiger partial charge in [-0.1, -0.05) is 24.3 Å². The van der Waals surface area contributed by atoms with Crippen LogP contribution in [0, 0.1) is 5.82 Å². The van der Waals surface area contributed by atoms with Gasteiger partial charge in [-0.2, -0.15) is 0 Å². The molecule has 2 amide bonds. The van der Waals surface area contributed by atoms with Crippen LogP contribution < -0.4 is 10.0 Å². The number of nitrogens with one attached hydrogen (secondary N) is 2. The van der Waals surface area contributed by atoms with E-state index >= 15 is 0 Å². The maximum atomic E-state index is 14.2. The normalized spacial score (nSPS) is 13.2. The summed E-state index contributed by atoms with van der Waals surface area (Å²) in [5.74, 6) is -1.40. The third-order valence-electron chi connectivity index (χ3n) is 5.34. The fourth-order valence-corrected chi connectivity index (χ4v) is 4.79. The molecule has 0 radical (unpaired) electrons. The Bertz CT molecular complexity index is 1330. The molecule has 0 atom stereocenters. The minimum absolute atomic E-state index is 0.0815. The molecule has 170 valence electrons. The lowest BCUT2D eigenvalue weighted by Gasteiger charge is -2.29. The quantitative estimate of drug-likeness (QED) is 0.597. The number of anilines is 2. The highest BCUT2D eigenvalue weighted by molar-refractivity contribution is 7.92. The predicted molar refractivity (Wildman–Crippen MR) is 123 cm³/mol. The molecule has 0 bridgehead atoms. The second kappa shape index (κ2) is 9.03. The Balaban J connectivity index is 1.53. The first-order valence-electron chi connectivity index (χ1n) is 10.3. The first-order chi connectivity index (χ1) is 15.7. The van der Waals surface area contributed by atoms with Crippen molar-refractivity contribution in [1.29, 1.82) is 0 Å². The molecule has 9 heteroatoms. The summed E-state index contributed by atoms with van der Waals surface area (Å²) in [4.78, 5) is 25.4. The Morgan fingerprint density at radius 1 is 0.970 bits per heavy atom. The van der Waals surface area contributed by atoms with Crippen molar-refractivity contribution in [1.82, 2.24) is 4.90 Å². The van der Waals surface area contributed by atoms with Crippen LogP contribution >= 0.6 is 0 Å². The zero-order valence-corrected chi connectivity index (χ0v) is 18.7. The van der Waals surface area contributed by atoms with Crippen LogP contribution in [-0.2, 0) is 27.8 Å². The lowest BCUT2D eigenvalue weighted by atomic mass is 9.98. The molecule has 1 aliphatic heterocycles. The van der Waals surface area contributed by atoms with E-state index in [1.807, 2.05) is 24.3 Å². The smallest absolute Gasteiger partial charge is 0.261 e. The summed E-state index contributed by atoms with van der Waals surface area (Å²) in [7, 11) is -4.06. The summed E-state index contributed by atoms with van der Waals surface area (Å²) in [6, 6.07) is 17.4. The standard InChI is InChI=1S/C24H22FN3O4S/c1-16(29)26-23-10-9-21(14-22(23)25)33(31,32)27-20-8-7-17-11-12-28(15-19(17)13-20)24(30)18-5-3-2-4-6-18/h2-10,13-14,27H,11-12,15H2,1H3,(H,26,29). The van der Waals surface area contributed by atoms with Crippen molar-refractivity contribution in [2.45, 2.75) is 24.8 Å². The number of sulfonamides is 1. The highest BCUT2D eigenvalue weighted by Crippen LogP contribution is 2.26. The number of fused-ring (bicyclic) bond motifs is 1. The third-order valence-corrected chi connectivity index (χ3v) is 6.72. The topological polar surface area (TPSA) is 95.6 Å². The number of carbonyl (C=O) groups is 2. The number of benzene rings is 3. The third kappa shape index (κ3) is 5.04. The van der Waals surface area contributed by atoms with E-state index in [9.17, 15) is 22.4 Å². The van der Waals surface area contributed by atoms with Gasteiger partial charge in [0.15, 0.2) is 0 Å². The molecule has 33 heavy (non-hydrogen) atoms. The molecule has 3 aromatic rings. The van der Waals surface area contributed by atoms with Crippen LogP contribution in [0.4, 0.5) is 15.8 Å². The van der Waals surface area contributed by atoms with Gasteiger partial charge in [-0.05, 0) is 60.0 Å². The van der Waals surface area contributed by atoms with E-state index in [0.29, 0.717) is 30.8 Å². The molecule has 0 spiro atoms. The van der Waals surface area contributed by atoms with Crippen molar-refractivity contribution < 1.29 is 22.4 Å². The van der Waals surface area contributed by atoms with Crippen LogP contribution in [-0.4, -0.2) is 31.7 Å². The van der Waals surface area contributed by atoms with E-state index in [-0.39, 0.29) is 16.5 Å². The largest absolute Gasteiger partial charge is 0.334 e. The molecular weight excluding hydrogens is 445 g/mol. The number of halogens is 1. The summed E-state index contributed by atoms with van der Waals surface area (Å²) < 4.78 is 42.2. The molecule has 0 saturated heterocycles. The Kier molecular flexibility index (Phi) is 6.15. The van der Waals surface area contributed by atoms with Gasteiger partial charge in [0.2, 0.25) is 5.91 Å². The summed E-state index contributed by atoms with van der Waals surface area (Å²) in [5, 5.41) is 2.30. The number of nitrogens with zero attached hydrogens (tertiary/aromatic N) is 1. The summed E-state index contributed by atoms with van der Waals surface area (Å²) in [6.07, 6.45) is 0.663. The lowest BCUT2D eigenvalue weighted by molar-refractivity contribution is -0.114. The second-order valence-corrected chi connectivity index (χ2v) is 9.44. The summed E-state index contributed by atoms with van der Waals surface area (Å²) >= 11 is 0. The molecule has 0 aliphatic carbocycles. The molecule has 4 rings (SSSR count). The Morgan fingerprint density at radius 3 is 2.42 bits per heavy atom. The van der Waals surface area contributed by atoms with E-state index in [2.05, 4.69) is 10.0 Å². The molecule has 1 aliphatic rings. The average Bonchev–Trinajstić information content (AvgIpc) is 2.79. The molecule has 7 nitrogen and oxygen atoms in total. The molecule has 0 fully saturated rings. The molecule has 0 saturated carbocycles. The van der Waals surface area contributed by atoms with Crippen LogP contribution in [0.2, 0.25) is 0 Å². The van der Waals surface area contributed by atoms with Crippen molar-refractivity contribution in [3.05, 3.63) is 89.2 Å². The second-order valence-electron chi connectivity index (χ2n) is 7.75. The van der Waals surface area contributed by atoms with Crippen LogP contribution in [0.1, 0.15) is 28.4 Å². The van der Waals surface area contributed by atoms with E-state index in [4.69, 9.17) is 0 Å². The SMILES string of the molecule is CC(=O)Nc1ccc(S(=O)(=O)Nc2ccc3c(c2)CN(C(=O)c2ccccc2)CC3)cc1F. The number of hydrogen-bond acceptors (Lipinski definition) is 4. The van der Waals surface area contributed by atoms with Crippen LogP contribution in [0.25, 0.3) is 0 Å². The van der Waals surface area contributed by atoms with Gasteiger partial charge in [0, 0.05) is 31.3 Å². The van der Waals surface area contributed by atoms with Crippen LogP contribution in [0.3, 0.4) is 0 Å². The van der Waals surface area contributed by atoms with Crippen LogP contribution in [0.15, 0.2) is 71.6 Å². The fraction of sp³-hybridized carbons (Fsp3) is 0.167. The van der Waals surface area contributed by atoms with Gasteiger partial charge in [-0.25, -0.2) is 12.8 Å². The van der Waals surface area contributed by atoms with Gasteiger partial charge in [-0.3, -0.25) is 14.3 Å². The van der Waals surface area contributed by atoms with Gasteiger partial charge < -0.3 is 10.2 Å². The van der Waals surface area contributed by atoms with Crippen molar-refractivity contribution in [3.8, 4) is 0 Å². The Labute approximate surface area is 191 Å². The molecule has 0 aromatic heterocycles. The van der Waals surface area contributed by atoms with E-state index in [1.54, 1.807) is 29.2 Å². The first kappa shape index (κ1) is 22.5. The minimum Gasteiger partial charge on any atom is -0.334 e. The van der Waals surface area contributed by atoms with Gasteiger partial charge in [0.1, 0.15) is 5.82 Å². The van der Waals surface area contributed by atoms with Crippen molar-refractivity contribution in [2.24, 2.45) is 0 Å². The molecule has 1 heterocycles. The molecule has 2 N–H and O–H groups in total. The van der Waals surface area contributed by atoms with Gasteiger partial charge in [0.25, 0.3) is 15.9 Å². The average molecular weight is 468 g/mol. The number of rotatable bonds is 5. The summed E-state index contributed by atoms with van der Waals surface area (Å²) in [5.41, 5.74) is 2.70. The molecule has 3 aromatic carbocycles. The molecular formula is C24H22FN3O4S. The fourth-order valence-electron chi connectivity index (χ4n) is 3.73. The monoisotopic (exact) mass is 467 g/mol. The van der Waals surface area contributed by atoms with Crippen LogP contribution in [0.5, 0.6) is 0 Å². The highest BCUT2D eigenvalue weighted by atomic mass is 32.2. The predicted octanol–water partition coefficient (Wildman–Crippen LogP) is 3.78. The van der Waals surface area contributed by atoms with E-state index < -0.39 is 21.7 Å². The Hall–Kier alpha value is -3.72.